The van der Waals surface area contributed by atoms with Gasteiger partial charge in [0.2, 0.25) is 0 Å². The van der Waals surface area contributed by atoms with E-state index in [1.807, 2.05) is 0 Å². The third-order valence-corrected chi connectivity index (χ3v) is 6.45. The van der Waals surface area contributed by atoms with Gasteiger partial charge in [-0.15, -0.1) is 0 Å². The minimum absolute atomic E-state index is 0.0324. The summed E-state index contributed by atoms with van der Waals surface area (Å²) < 4.78 is 53.1. The predicted molar refractivity (Wildman–Crippen MR) is 108 cm³/mol. The summed E-state index contributed by atoms with van der Waals surface area (Å²) in [6, 6.07) is 11.2. The molecule has 0 radical (unpaired) electrons. The number of hydrogen-bond acceptors (Lipinski definition) is 4. The number of hydrogen-bond donors (Lipinski definition) is 1. The van der Waals surface area contributed by atoms with Crippen LogP contribution in [-0.4, -0.2) is 36.4 Å². The van der Waals surface area contributed by atoms with Crippen LogP contribution in [0.2, 0.25) is 0 Å². The van der Waals surface area contributed by atoms with Crippen molar-refractivity contribution in [1.29, 1.82) is 0 Å². The lowest BCUT2D eigenvalue weighted by atomic mass is 10.2. The molecule has 0 aliphatic heterocycles. The van der Waals surface area contributed by atoms with Crippen LogP contribution in [0.15, 0.2) is 53.4 Å². The lowest BCUT2D eigenvalue weighted by Gasteiger charge is -2.08. The zero-order valence-electron chi connectivity index (χ0n) is 16.5. The molecule has 0 saturated carbocycles. The fourth-order valence-electron chi connectivity index (χ4n) is 3.16. The Bertz CT molecular complexity index is 1180. The maximum Gasteiger partial charge on any atom is 0.255 e. The van der Waals surface area contributed by atoms with Crippen LogP contribution in [0.1, 0.15) is 28.2 Å². The molecule has 0 aliphatic rings. The summed E-state index contributed by atoms with van der Waals surface area (Å²) in [7, 11) is -3.42. The average molecular weight is 433 g/mol. The van der Waals surface area contributed by atoms with E-state index in [1.165, 1.54) is 22.9 Å². The maximum absolute atomic E-state index is 14.1. The summed E-state index contributed by atoms with van der Waals surface area (Å²) in [5.41, 5.74) is 1.08. The van der Waals surface area contributed by atoms with Crippen LogP contribution in [0.25, 0.3) is 5.69 Å². The summed E-state index contributed by atoms with van der Waals surface area (Å²) in [6.45, 7) is 3.37. The molecule has 0 fully saturated rings. The number of benzene rings is 2. The summed E-state index contributed by atoms with van der Waals surface area (Å²) in [6.07, 6.45) is 0.238. The van der Waals surface area contributed by atoms with Gasteiger partial charge in [-0.05, 0) is 44.5 Å². The SMILES string of the molecule is Cc1nn(-c2ccc(F)cc2F)c(C)c1C(=O)NCCCS(=O)(=O)c1ccccc1. The highest BCUT2D eigenvalue weighted by Crippen LogP contribution is 2.21. The highest BCUT2D eigenvalue weighted by Gasteiger charge is 2.21. The van der Waals surface area contributed by atoms with Crippen LogP contribution in [0.5, 0.6) is 0 Å². The van der Waals surface area contributed by atoms with E-state index >= 15 is 0 Å². The molecule has 158 valence electrons. The van der Waals surface area contributed by atoms with E-state index in [0.29, 0.717) is 11.4 Å². The van der Waals surface area contributed by atoms with Crippen LogP contribution in [0.3, 0.4) is 0 Å². The van der Waals surface area contributed by atoms with Crippen molar-refractivity contribution in [2.45, 2.75) is 25.2 Å². The van der Waals surface area contributed by atoms with Crippen LogP contribution in [-0.2, 0) is 9.84 Å². The minimum Gasteiger partial charge on any atom is -0.352 e. The fourth-order valence-corrected chi connectivity index (χ4v) is 4.49. The van der Waals surface area contributed by atoms with Crippen molar-refractivity contribution < 1.29 is 22.0 Å². The average Bonchev–Trinajstić information content (AvgIpc) is 3.00. The number of carbonyl (C=O) groups is 1. The van der Waals surface area contributed by atoms with Gasteiger partial charge in [0.15, 0.2) is 15.7 Å². The molecule has 0 aliphatic carbocycles. The second kappa shape index (κ2) is 8.74. The molecule has 0 bridgehead atoms. The molecular formula is C21H21F2N3O3S. The molecule has 30 heavy (non-hydrogen) atoms. The monoisotopic (exact) mass is 433 g/mol. The lowest BCUT2D eigenvalue weighted by Crippen LogP contribution is -2.27. The van der Waals surface area contributed by atoms with Crippen molar-refractivity contribution in [3.05, 3.63) is 77.1 Å². The van der Waals surface area contributed by atoms with Crippen molar-refractivity contribution >= 4 is 15.7 Å². The quantitative estimate of drug-likeness (QED) is 0.580. The minimum atomic E-state index is -3.42. The number of amides is 1. The van der Waals surface area contributed by atoms with Gasteiger partial charge in [0.1, 0.15) is 11.5 Å². The molecule has 6 nitrogen and oxygen atoms in total. The molecule has 1 amide bonds. The van der Waals surface area contributed by atoms with Gasteiger partial charge in [-0.1, -0.05) is 18.2 Å². The Hall–Kier alpha value is -3.07. The summed E-state index contributed by atoms with van der Waals surface area (Å²) in [5, 5.41) is 6.88. The number of halogens is 2. The Morgan fingerprint density at radius 1 is 1.10 bits per heavy atom. The standard InChI is InChI=1S/C21H21F2N3O3S/c1-14-20(15(2)26(25-14)19-10-9-16(22)13-18(19)23)21(27)24-11-6-12-30(28,29)17-7-4-3-5-8-17/h3-5,7-10,13H,6,11-12H2,1-2H3,(H,24,27). The fraction of sp³-hybridized carbons (Fsp3) is 0.238. The van der Waals surface area contributed by atoms with E-state index < -0.39 is 27.4 Å². The first-order valence-electron chi connectivity index (χ1n) is 9.28. The Balaban J connectivity index is 1.67. The van der Waals surface area contributed by atoms with Gasteiger partial charge in [0, 0.05) is 12.6 Å². The Kier molecular flexibility index (Phi) is 6.31. The molecule has 3 aromatic rings. The van der Waals surface area contributed by atoms with Crippen LogP contribution in [0.4, 0.5) is 8.78 Å². The second-order valence-electron chi connectivity index (χ2n) is 6.79. The molecule has 0 spiro atoms. The van der Waals surface area contributed by atoms with Crippen molar-refractivity contribution in [3.8, 4) is 5.69 Å². The number of nitrogens with zero attached hydrogens (tertiary/aromatic N) is 2. The Morgan fingerprint density at radius 3 is 2.47 bits per heavy atom. The van der Waals surface area contributed by atoms with Gasteiger partial charge in [0.25, 0.3) is 5.91 Å². The number of nitrogens with one attached hydrogen (secondary N) is 1. The first-order chi connectivity index (χ1) is 14.2. The molecule has 0 atom stereocenters. The van der Waals surface area contributed by atoms with E-state index in [4.69, 9.17) is 0 Å². The smallest absolute Gasteiger partial charge is 0.255 e. The van der Waals surface area contributed by atoms with Gasteiger partial charge in [-0.2, -0.15) is 5.10 Å². The van der Waals surface area contributed by atoms with E-state index in [2.05, 4.69) is 10.4 Å². The van der Waals surface area contributed by atoms with Crippen molar-refractivity contribution in [1.82, 2.24) is 15.1 Å². The normalized spacial score (nSPS) is 11.5. The number of rotatable bonds is 7. The van der Waals surface area contributed by atoms with Crippen LogP contribution >= 0.6 is 0 Å². The number of sulfone groups is 1. The van der Waals surface area contributed by atoms with Gasteiger partial charge < -0.3 is 5.32 Å². The Labute approximate surface area is 173 Å². The molecule has 0 unspecified atom stereocenters. The van der Waals surface area contributed by atoms with Gasteiger partial charge >= 0.3 is 0 Å². The predicted octanol–water partition coefficient (Wildman–Crippen LogP) is 3.36. The van der Waals surface area contributed by atoms with Crippen LogP contribution < -0.4 is 5.32 Å². The molecule has 9 heteroatoms. The van der Waals surface area contributed by atoms with Crippen LogP contribution in [0, 0.1) is 25.5 Å². The summed E-state index contributed by atoms with van der Waals surface area (Å²) >= 11 is 0. The molecule has 3 rings (SSSR count). The van der Waals surface area contributed by atoms with E-state index in [1.54, 1.807) is 32.0 Å². The number of aryl methyl sites for hydroxylation is 1. The lowest BCUT2D eigenvalue weighted by molar-refractivity contribution is 0.0952. The zero-order valence-corrected chi connectivity index (χ0v) is 17.3. The Morgan fingerprint density at radius 2 is 1.80 bits per heavy atom. The van der Waals surface area contributed by atoms with Crippen molar-refractivity contribution in [3.63, 3.8) is 0 Å². The maximum atomic E-state index is 14.1. The highest BCUT2D eigenvalue weighted by molar-refractivity contribution is 7.91. The number of aromatic nitrogens is 2. The molecule has 2 aromatic carbocycles. The first-order valence-corrected chi connectivity index (χ1v) is 10.9. The third-order valence-electron chi connectivity index (χ3n) is 4.63. The largest absolute Gasteiger partial charge is 0.352 e. The highest BCUT2D eigenvalue weighted by atomic mass is 32.2. The molecule has 0 saturated heterocycles. The van der Waals surface area contributed by atoms with E-state index in [9.17, 15) is 22.0 Å². The first kappa shape index (κ1) is 21.6. The topological polar surface area (TPSA) is 81.1 Å². The number of carbonyl (C=O) groups excluding carboxylic acids is 1. The van der Waals surface area contributed by atoms with E-state index in [0.717, 1.165) is 12.1 Å². The molecule has 1 heterocycles. The van der Waals surface area contributed by atoms with E-state index in [-0.39, 0.29) is 34.9 Å². The molecule has 1 N–H and O–H groups in total. The zero-order chi connectivity index (χ0) is 21.9. The third kappa shape index (κ3) is 4.56. The second-order valence-corrected chi connectivity index (χ2v) is 8.90. The molecule has 1 aromatic heterocycles. The van der Waals surface area contributed by atoms with Crippen molar-refractivity contribution in [2.24, 2.45) is 0 Å². The van der Waals surface area contributed by atoms with Gasteiger partial charge in [-0.3, -0.25) is 4.79 Å². The summed E-state index contributed by atoms with van der Waals surface area (Å²) in [5.74, 6) is -2.04. The van der Waals surface area contributed by atoms with Crippen molar-refractivity contribution in [2.75, 3.05) is 12.3 Å². The summed E-state index contributed by atoms with van der Waals surface area (Å²) in [4.78, 5) is 12.8. The molecular weight excluding hydrogens is 412 g/mol. The van der Waals surface area contributed by atoms with Gasteiger partial charge in [0.05, 0.1) is 27.6 Å². The van der Waals surface area contributed by atoms with Gasteiger partial charge in [-0.25, -0.2) is 21.9 Å².